The van der Waals surface area contributed by atoms with Gasteiger partial charge in [0.2, 0.25) is 0 Å². The average Bonchev–Trinajstić information content (AvgIpc) is 2.67. The zero-order valence-electron chi connectivity index (χ0n) is 11.0. The predicted octanol–water partition coefficient (Wildman–Crippen LogP) is 4.18. The normalized spacial score (nSPS) is 11.6. The fourth-order valence-electron chi connectivity index (χ4n) is 1.53. The second-order valence-corrected chi connectivity index (χ2v) is 6.15. The maximum Gasteiger partial charge on any atom is 0.321 e. The predicted molar refractivity (Wildman–Crippen MR) is 76.9 cm³/mol. The number of anilines is 1. The van der Waals surface area contributed by atoms with Crippen molar-refractivity contribution in [2.24, 2.45) is 0 Å². The summed E-state index contributed by atoms with van der Waals surface area (Å²) in [6, 6.07) is 5.76. The largest absolute Gasteiger partial charge is 0.333 e. The molecule has 0 saturated carbocycles. The molecule has 6 heteroatoms. The molecule has 2 aromatic rings. The van der Waals surface area contributed by atoms with E-state index >= 15 is 0 Å². The van der Waals surface area contributed by atoms with Crippen LogP contribution in [0.15, 0.2) is 22.7 Å². The van der Waals surface area contributed by atoms with Crippen LogP contribution in [0.25, 0.3) is 0 Å². The highest BCUT2D eigenvalue weighted by molar-refractivity contribution is 6.35. The molecule has 0 aliphatic carbocycles. The van der Waals surface area contributed by atoms with Gasteiger partial charge in [-0.05, 0) is 38.5 Å². The maximum absolute atomic E-state index is 6.11. The molecule has 0 amide bonds. The van der Waals surface area contributed by atoms with Crippen LogP contribution in [0.1, 0.15) is 32.2 Å². The summed E-state index contributed by atoms with van der Waals surface area (Å²) < 4.78 is 5.14. The molecule has 1 aromatic carbocycles. The Bertz CT molecular complexity index is 576. The van der Waals surface area contributed by atoms with Crippen molar-refractivity contribution in [2.45, 2.75) is 32.7 Å². The minimum atomic E-state index is -0.123. The van der Waals surface area contributed by atoms with Crippen LogP contribution in [0.2, 0.25) is 10.0 Å². The van der Waals surface area contributed by atoms with Gasteiger partial charge in [0.15, 0.2) is 5.82 Å². The van der Waals surface area contributed by atoms with Gasteiger partial charge in [-0.3, -0.25) is 0 Å². The van der Waals surface area contributed by atoms with Gasteiger partial charge in [0, 0.05) is 22.0 Å². The topological polar surface area (TPSA) is 51.0 Å². The third-order valence-electron chi connectivity index (χ3n) is 2.31. The first kappa shape index (κ1) is 14.2. The molecule has 1 heterocycles. The fourth-order valence-corrected chi connectivity index (χ4v) is 2.01. The molecule has 0 atom stereocenters. The van der Waals surface area contributed by atoms with Crippen LogP contribution in [0.5, 0.6) is 0 Å². The number of rotatable bonds is 3. The molecular formula is C13H15Cl2N3O. The van der Waals surface area contributed by atoms with Crippen molar-refractivity contribution < 1.29 is 4.52 Å². The summed E-state index contributed by atoms with van der Waals surface area (Å²) in [6.07, 6.45) is 0.505. The van der Waals surface area contributed by atoms with Gasteiger partial charge >= 0.3 is 6.01 Å². The third-order valence-corrected chi connectivity index (χ3v) is 2.90. The van der Waals surface area contributed by atoms with Crippen LogP contribution in [0.3, 0.4) is 0 Å². The van der Waals surface area contributed by atoms with Crippen molar-refractivity contribution in [1.29, 1.82) is 0 Å². The molecule has 0 aliphatic heterocycles. The van der Waals surface area contributed by atoms with E-state index in [4.69, 9.17) is 27.7 Å². The molecule has 0 radical (unpaired) electrons. The second kappa shape index (κ2) is 5.39. The van der Waals surface area contributed by atoms with Crippen molar-refractivity contribution in [3.8, 4) is 0 Å². The summed E-state index contributed by atoms with van der Waals surface area (Å²) >= 11 is 12.0. The first-order valence-electron chi connectivity index (χ1n) is 5.88. The van der Waals surface area contributed by atoms with E-state index in [-0.39, 0.29) is 5.54 Å². The molecule has 1 aromatic heterocycles. The first-order valence-corrected chi connectivity index (χ1v) is 6.64. The molecule has 102 valence electrons. The standard InChI is InChI=1S/C13H15Cl2N3O/c1-13(2,3)17-12-16-11(18-19-12)6-8-4-5-9(14)7-10(8)15/h4-5,7H,6H2,1-3H3,(H,16,17,18). The number of nitrogens with one attached hydrogen (secondary N) is 1. The van der Waals surface area contributed by atoms with Crippen LogP contribution in [0.4, 0.5) is 6.01 Å². The minimum Gasteiger partial charge on any atom is -0.333 e. The number of hydrogen-bond acceptors (Lipinski definition) is 4. The molecule has 0 fully saturated rings. The van der Waals surface area contributed by atoms with Gasteiger partial charge in [-0.15, -0.1) is 0 Å². The van der Waals surface area contributed by atoms with Crippen LogP contribution < -0.4 is 5.32 Å². The Kier molecular flexibility index (Phi) is 4.02. The zero-order chi connectivity index (χ0) is 14.0. The summed E-state index contributed by atoms with van der Waals surface area (Å²) in [5.74, 6) is 0.580. The van der Waals surface area contributed by atoms with Gasteiger partial charge in [-0.1, -0.05) is 34.4 Å². The lowest BCUT2D eigenvalue weighted by molar-refractivity contribution is 0.413. The second-order valence-electron chi connectivity index (χ2n) is 5.30. The molecule has 4 nitrogen and oxygen atoms in total. The number of nitrogens with zero attached hydrogens (tertiary/aromatic N) is 2. The zero-order valence-corrected chi connectivity index (χ0v) is 12.5. The SMILES string of the molecule is CC(C)(C)Nc1nc(Cc2ccc(Cl)cc2Cl)no1. The number of hydrogen-bond donors (Lipinski definition) is 1. The van der Waals surface area contributed by atoms with Crippen molar-refractivity contribution in [1.82, 2.24) is 10.1 Å². The first-order chi connectivity index (χ1) is 8.83. The molecule has 0 aliphatic rings. The van der Waals surface area contributed by atoms with E-state index in [2.05, 4.69) is 15.5 Å². The minimum absolute atomic E-state index is 0.123. The fraction of sp³-hybridized carbons (Fsp3) is 0.385. The molecule has 0 saturated heterocycles. The summed E-state index contributed by atoms with van der Waals surface area (Å²) in [5, 5.41) is 8.24. The van der Waals surface area contributed by atoms with Crippen LogP contribution in [-0.4, -0.2) is 15.7 Å². The lowest BCUT2D eigenvalue weighted by atomic mass is 10.1. The number of benzene rings is 1. The van der Waals surface area contributed by atoms with Gasteiger partial charge in [-0.25, -0.2) is 0 Å². The molecular weight excluding hydrogens is 285 g/mol. The molecule has 0 bridgehead atoms. The molecule has 0 spiro atoms. The van der Waals surface area contributed by atoms with Crippen molar-refractivity contribution in [2.75, 3.05) is 5.32 Å². The van der Waals surface area contributed by atoms with Crippen molar-refractivity contribution in [3.63, 3.8) is 0 Å². The van der Waals surface area contributed by atoms with Gasteiger partial charge < -0.3 is 9.84 Å². The highest BCUT2D eigenvalue weighted by atomic mass is 35.5. The summed E-state index contributed by atoms with van der Waals surface area (Å²) in [4.78, 5) is 4.27. The summed E-state index contributed by atoms with van der Waals surface area (Å²) in [6.45, 7) is 6.06. The van der Waals surface area contributed by atoms with Crippen LogP contribution >= 0.6 is 23.2 Å². The van der Waals surface area contributed by atoms with Gasteiger partial charge in [0.1, 0.15) is 0 Å². The Morgan fingerprint density at radius 3 is 2.63 bits per heavy atom. The van der Waals surface area contributed by atoms with Gasteiger partial charge in [0.25, 0.3) is 0 Å². The highest BCUT2D eigenvalue weighted by Crippen LogP contribution is 2.23. The Labute approximate surface area is 122 Å². The van der Waals surface area contributed by atoms with E-state index in [1.54, 1.807) is 12.1 Å². The molecule has 2 rings (SSSR count). The Morgan fingerprint density at radius 1 is 1.26 bits per heavy atom. The monoisotopic (exact) mass is 299 g/mol. The Hall–Kier alpha value is -1.26. The van der Waals surface area contributed by atoms with Crippen LogP contribution in [-0.2, 0) is 6.42 Å². The third kappa shape index (κ3) is 4.11. The average molecular weight is 300 g/mol. The van der Waals surface area contributed by atoms with E-state index < -0.39 is 0 Å². The number of halogens is 2. The Balaban J connectivity index is 2.11. The Morgan fingerprint density at radius 2 is 2.00 bits per heavy atom. The lowest BCUT2D eigenvalue weighted by Crippen LogP contribution is -2.26. The molecule has 0 unspecified atom stereocenters. The molecule has 1 N–H and O–H groups in total. The van der Waals surface area contributed by atoms with Gasteiger partial charge in [0.05, 0.1) is 0 Å². The van der Waals surface area contributed by atoms with E-state index in [0.717, 1.165) is 5.56 Å². The van der Waals surface area contributed by atoms with Crippen LogP contribution in [0, 0.1) is 0 Å². The van der Waals surface area contributed by atoms with Gasteiger partial charge in [-0.2, -0.15) is 4.98 Å². The van der Waals surface area contributed by atoms with E-state index in [0.29, 0.717) is 28.3 Å². The summed E-state index contributed by atoms with van der Waals surface area (Å²) in [7, 11) is 0. The van der Waals surface area contributed by atoms with Crippen molar-refractivity contribution in [3.05, 3.63) is 39.6 Å². The lowest BCUT2D eigenvalue weighted by Gasteiger charge is -2.17. The molecule has 19 heavy (non-hydrogen) atoms. The smallest absolute Gasteiger partial charge is 0.321 e. The summed E-state index contributed by atoms with van der Waals surface area (Å²) in [5.41, 5.74) is 0.788. The number of aromatic nitrogens is 2. The highest BCUT2D eigenvalue weighted by Gasteiger charge is 2.15. The van der Waals surface area contributed by atoms with E-state index in [9.17, 15) is 0 Å². The quantitative estimate of drug-likeness (QED) is 0.924. The van der Waals surface area contributed by atoms with Crippen molar-refractivity contribution >= 4 is 29.2 Å². The maximum atomic E-state index is 6.11. The van der Waals surface area contributed by atoms with E-state index in [1.165, 1.54) is 0 Å². The van der Waals surface area contributed by atoms with E-state index in [1.807, 2.05) is 26.8 Å².